The van der Waals surface area contributed by atoms with Gasteiger partial charge in [-0.3, -0.25) is 0 Å². The molecule has 0 radical (unpaired) electrons. The van der Waals surface area contributed by atoms with E-state index >= 15 is 0 Å². The Morgan fingerprint density at radius 2 is 1.29 bits per heavy atom. The Morgan fingerprint density at radius 1 is 0.929 bits per heavy atom. The maximum Gasteiger partial charge on any atom is 0.106 e. The zero-order chi connectivity index (χ0) is 11.6. The lowest BCUT2D eigenvalue weighted by Gasteiger charge is -2.43. The molecule has 0 saturated carbocycles. The first-order chi connectivity index (χ1) is 6.05. The molecule has 0 spiro atoms. The summed E-state index contributed by atoms with van der Waals surface area (Å²) in [6.45, 7) is 19.3. The van der Waals surface area contributed by atoms with Gasteiger partial charge in [-0.15, -0.1) is 0 Å². The lowest BCUT2D eigenvalue weighted by Crippen LogP contribution is -2.60. The molecule has 0 aliphatic rings. The summed E-state index contributed by atoms with van der Waals surface area (Å²) in [5, 5.41) is 0. The maximum atomic E-state index is 2.94. The van der Waals surface area contributed by atoms with E-state index in [1.54, 1.807) is 0 Å². The van der Waals surface area contributed by atoms with Gasteiger partial charge in [-0.1, -0.05) is 50.6 Å². The van der Waals surface area contributed by atoms with E-state index in [2.05, 4.69) is 62.7 Å². The molecule has 0 atom stereocenters. The highest BCUT2D eigenvalue weighted by atomic mass is 28.5. The smallest absolute Gasteiger partial charge is 0.106 e. The minimum atomic E-state index is -1.08. The summed E-state index contributed by atoms with van der Waals surface area (Å²) in [6.07, 6.45) is 0. The topological polar surface area (TPSA) is 3.24 Å². The molecule has 0 unspecified atom stereocenters. The zero-order valence-corrected chi connectivity index (χ0v) is 14.6. The number of nitrogens with zero attached hydrogens (tertiary/aromatic N) is 1. The maximum absolute atomic E-state index is 2.94. The van der Waals surface area contributed by atoms with Gasteiger partial charge in [0.25, 0.3) is 0 Å². The molecule has 4 heteroatoms. The summed E-state index contributed by atoms with van der Waals surface area (Å²) in [4.78, 5) is 0. The van der Waals surface area contributed by atoms with Gasteiger partial charge in [0.2, 0.25) is 0 Å². The molecule has 0 aliphatic carbocycles. The van der Waals surface area contributed by atoms with Gasteiger partial charge in [-0.2, -0.15) is 0 Å². The van der Waals surface area contributed by atoms with Gasteiger partial charge in [0.05, 0.1) is 0 Å². The average molecular weight is 246 g/mol. The molecule has 0 aliphatic heterocycles. The Labute approximate surface area is 94.7 Å². The second-order valence-electron chi connectivity index (χ2n) is 6.23. The van der Waals surface area contributed by atoms with Crippen molar-refractivity contribution in [3.63, 3.8) is 0 Å². The van der Waals surface area contributed by atoms with Gasteiger partial charge in [-0.25, -0.2) is 0 Å². The molecule has 1 nitrogen and oxygen atoms in total. The van der Waals surface area contributed by atoms with E-state index in [-0.39, 0.29) is 9.68 Å². The van der Waals surface area contributed by atoms with E-state index in [0.717, 1.165) is 0 Å². The molecule has 84 valence electrons. The molecule has 0 aromatic carbocycles. The number of rotatable bonds is 4. The van der Waals surface area contributed by atoms with Crippen LogP contribution >= 0.6 is 0 Å². The summed E-state index contributed by atoms with van der Waals surface area (Å²) < 4.78 is 2.94. The van der Waals surface area contributed by atoms with E-state index in [0.29, 0.717) is 0 Å². The standard InChI is InChI=1S/C10H27NSi3/c1-10(2)9-12-11(13(3,4)5)14(6,7)8/h9H,12H2,1-8H3. The highest BCUT2D eigenvalue weighted by molar-refractivity contribution is 6.96. The highest BCUT2D eigenvalue weighted by Gasteiger charge is 2.32. The van der Waals surface area contributed by atoms with Gasteiger partial charge in [0, 0.05) is 0 Å². The molecule has 0 amide bonds. The van der Waals surface area contributed by atoms with Crippen LogP contribution in [0.15, 0.2) is 11.3 Å². The normalized spacial score (nSPS) is 14.1. The predicted octanol–water partition coefficient (Wildman–Crippen LogP) is 2.97. The molecule has 0 bridgehead atoms. The van der Waals surface area contributed by atoms with Crippen LogP contribution in [0.2, 0.25) is 39.3 Å². The first-order valence-corrected chi connectivity index (χ1v) is 13.8. The van der Waals surface area contributed by atoms with Crippen molar-refractivity contribution in [2.75, 3.05) is 0 Å². The van der Waals surface area contributed by atoms with Crippen LogP contribution in [-0.4, -0.2) is 30.0 Å². The second-order valence-corrected chi connectivity index (χ2v) is 19.1. The third-order valence-electron chi connectivity index (χ3n) is 2.30. The third kappa shape index (κ3) is 5.29. The zero-order valence-electron chi connectivity index (χ0n) is 11.2. The number of hydrogen-bond acceptors (Lipinski definition) is 1. The Hall–Kier alpha value is 0.351. The average Bonchev–Trinajstić information content (AvgIpc) is 1.78. The monoisotopic (exact) mass is 245 g/mol. The molecule has 0 N–H and O–H groups in total. The van der Waals surface area contributed by atoms with Crippen molar-refractivity contribution in [3.8, 4) is 0 Å². The third-order valence-corrected chi connectivity index (χ3v) is 17.7. The van der Waals surface area contributed by atoms with Crippen LogP contribution in [0.3, 0.4) is 0 Å². The summed E-state index contributed by atoms with van der Waals surface area (Å²) in [5.41, 5.74) is 4.01. The van der Waals surface area contributed by atoms with Crippen LogP contribution in [0, 0.1) is 0 Å². The van der Waals surface area contributed by atoms with E-state index in [9.17, 15) is 0 Å². The van der Waals surface area contributed by atoms with Crippen LogP contribution in [0.5, 0.6) is 0 Å². The summed E-state index contributed by atoms with van der Waals surface area (Å²) >= 11 is 0. The minimum Gasteiger partial charge on any atom is -0.370 e. The number of hydrogen-bond donors (Lipinski definition) is 0. The molecule has 0 aromatic rings. The fraction of sp³-hybridized carbons (Fsp3) is 0.800. The van der Waals surface area contributed by atoms with E-state index in [1.165, 1.54) is 5.57 Å². The van der Waals surface area contributed by atoms with E-state index in [4.69, 9.17) is 0 Å². The van der Waals surface area contributed by atoms with Gasteiger partial charge in [0.15, 0.2) is 0 Å². The predicted molar refractivity (Wildman–Crippen MR) is 76.5 cm³/mol. The van der Waals surface area contributed by atoms with Crippen LogP contribution in [0.1, 0.15) is 13.8 Å². The van der Waals surface area contributed by atoms with E-state index < -0.39 is 16.5 Å². The highest BCUT2D eigenvalue weighted by Crippen LogP contribution is 2.18. The lowest BCUT2D eigenvalue weighted by molar-refractivity contribution is 0.959. The lowest BCUT2D eigenvalue weighted by atomic mass is 10.4. The SMILES string of the molecule is CC(C)=C[SiH2]N([Si](C)(C)C)[Si](C)(C)C. The van der Waals surface area contributed by atoms with Crippen molar-refractivity contribution in [2.24, 2.45) is 0 Å². The first-order valence-electron chi connectivity index (χ1n) is 5.46. The molecule has 14 heavy (non-hydrogen) atoms. The van der Waals surface area contributed by atoms with E-state index in [1.807, 2.05) is 0 Å². The fourth-order valence-electron chi connectivity index (χ4n) is 1.83. The molecule has 0 aromatic heterocycles. The van der Waals surface area contributed by atoms with Gasteiger partial charge < -0.3 is 3.90 Å². The van der Waals surface area contributed by atoms with Crippen molar-refractivity contribution in [1.82, 2.24) is 3.90 Å². The van der Waals surface area contributed by atoms with Gasteiger partial charge >= 0.3 is 0 Å². The first kappa shape index (κ1) is 14.4. The molecular formula is C10H27NSi3. The van der Waals surface area contributed by atoms with Crippen molar-refractivity contribution >= 4 is 26.2 Å². The molecule has 0 fully saturated rings. The molecule has 0 rings (SSSR count). The summed E-state index contributed by atoms with van der Waals surface area (Å²) in [7, 11) is -2.29. The van der Waals surface area contributed by atoms with Crippen LogP contribution in [0.25, 0.3) is 0 Å². The fourth-order valence-corrected chi connectivity index (χ4v) is 15.4. The van der Waals surface area contributed by atoms with Crippen molar-refractivity contribution in [3.05, 3.63) is 11.3 Å². The quantitative estimate of drug-likeness (QED) is 0.689. The summed E-state index contributed by atoms with van der Waals surface area (Å²) in [5.74, 6) is 0. The Bertz CT molecular complexity index is 192. The van der Waals surface area contributed by atoms with Crippen LogP contribution < -0.4 is 0 Å². The van der Waals surface area contributed by atoms with Crippen molar-refractivity contribution in [2.45, 2.75) is 53.1 Å². The van der Waals surface area contributed by atoms with Crippen LogP contribution in [0.4, 0.5) is 0 Å². The van der Waals surface area contributed by atoms with Crippen molar-refractivity contribution < 1.29 is 0 Å². The van der Waals surface area contributed by atoms with Crippen molar-refractivity contribution in [1.29, 1.82) is 0 Å². The number of allylic oxidation sites excluding steroid dienone is 1. The molecule has 0 heterocycles. The van der Waals surface area contributed by atoms with Gasteiger partial charge in [-0.05, 0) is 13.8 Å². The Balaban J connectivity index is 4.69. The second kappa shape index (κ2) is 4.92. The largest absolute Gasteiger partial charge is 0.370 e. The van der Waals surface area contributed by atoms with Crippen LogP contribution in [-0.2, 0) is 0 Å². The summed E-state index contributed by atoms with van der Waals surface area (Å²) in [6, 6.07) is 0. The molecule has 0 saturated heterocycles. The minimum absolute atomic E-state index is 0.136. The Morgan fingerprint density at radius 3 is 1.50 bits per heavy atom. The van der Waals surface area contributed by atoms with Gasteiger partial charge in [0.1, 0.15) is 26.2 Å². The molecular weight excluding hydrogens is 218 g/mol. The Kier molecular flexibility index (Phi) is 5.04.